The highest BCUT2D eigenvalue weighted by Crippen LogP contribution is 2.43. The Balaban J connectivity index is 1.44. The molecule has 192 valence electrons. The first-order valence-electron chi connectivity index (χ1n) is 12.2. The number of amides is 2. The number of nitriles is 1. The van der Waals surface area contributed by atoms with E-state index >= 15 is 0 Å². The van der Waals surface area contributed by atoms with Gasteiger partial charge in [-0.05, 0) is 64.5 Å². The Hall–Kier alpha value is -3.19. The Morgan fingerprint density at radius 2 is 2.14 bits per heavy atom. The SMILES string of the molecule is CCOc1nc(-c2ccc(C[C@@H](C#N)NC(=O)[C@@H]3C4CCC(C4)N3C(=O)OC(C)(C)C)c(F)c2)cs1. The number of piperidine rings is 1. The van der Waals surface area contributed by atoms with Crippen LogP contribution in [0.3, 0.4) is 0 Å². The quantitative estimate of drug-likeness (QED) is 0.575. The Bertz CT molecular complexity index is 1170. The number of likely N-dealkylation sites (tertiary alicyclic amines) is 1. The molecular formula is C26H31FN4O4S. The van der Waals surface area contributed by atoms with Crippen molar-refractivity contribution in [3.8, 4) is 22.5 Å². The van der Waals surface area contributed by atoms with Gasteiger partial charge in [0.2, 0.25) is 5.91 Å². The summed E-state index contributed by atoms with van der Waals surface area (Å²) in [6.07, 6.45) is 1.91. The van der Waals surface area contributed by atoms with E-state index in [9.17, 15) is 19.2 Å². The van der Waals surface area contributed by atoms with Gasteiger partial charge in [0.15, 0.2) is 0 Å². The molecule has 2 amide bonds. The minimum atomic E-state index is -0.943. The van der Waals surface area contributed by atoms with Crippen LogP contribution in [0.2, 0.25) is 0 Å². The van der Waals surface area contributed by atoms with Gasteiger partial charge >= 0.3 is 6.09 Å². The van der Waals surface area contributed by atoms with Gasteiger partial charge in [0.25, 0.3) is 5.19 Å². The largest absolute Gasteiger partial charge is 0.470 e. The number of thiazole rings is 1. The Morgan fingerprint density at radius 3 is 2.81 bits per heavy atom. The second-order valence-electron chi connectivity index (χ2n) is 10.2. The summed E-state index contributed by atoms with van der Waals surface area (Å²) in [7, 11) is 0. The molecule has 2 bridgehead atoms. The predicted molar refractivity (Wildman–Crippen MR) is 133 cm³/mol. The van der Waals surface area contributed by atoms with Crippen molar-refractivity contribution in [2.24, 2.45) is 5.92 Å². The summed E-state index contributed by atoms with van der Waals surface area (Å²) >= 11 is 1.34. The Morgan fingerprint density at radius 1 is 1.36 bits per heavy atom. The number of aromatic nitrogens is 1. The molecule has 2 heterocycles. The molecule has 1 saturated heterocycles. The Labute approximate surface area is 214 Å². The molecule has 1 aromatic carbocycles. The van der Waals surface area contributed by atoms with Crippen LogP contribution in [-0.4, -0.2) is 52.2 Å². The highest BCUT2D eigenvalue weighted by molar-refractivity contribution is 7.11. The van der Waals surface area contributed by atoms with Gasteiger partial charge in [-0.25, -0.2) is 14.2 Å². The van der Waals surface area contributed by atoms with Crippen LogP contribution in [0.4, 0.5) is 9.18 Å². The number of hydrogen-bond donors (Lipinski definition) is 1. The van der Waals surface area contributed by atoms with Crippen LogP contribution in [-0.2, 0) is 16.0 Å². The Kier molecular flexibility index (Phi) is 7.50. The van der Waals surface area contributed by atoms with Crippen LogP contribution in [0.5, 0.6) is 5.19 Å². The van der Waals surface area contributed by atoms with Gasteiger partial charge in [-0.1, -0.05) is 23.5 Å². The van der Waals surface area contributed by atoms with Gasteiger partial charge in [0.1, 0.15) is 23.5 Å². The van der Waals surface area contributed by atoms with Crippen molar-refractivity contribution in [2.75, 3.05) is 6.61 Å². The monoisotopic (exact) mass is 514 g/mol. The van der Waals surface area contributed by atoms with E-state index in [1.165, 1.54) is 22.3 Å². The molecule has 1 aliphatic carbocycles. The summed E-state index contributed by atoms with van der Waals surface area (Å²) < 4.78 is 25.8. The van der Waals surface area contributed by atoms with Crippen molar-refractivity contribution < 1.29 is 23.5 Å². The minimum Gasteiger partial charge on any atom is -0.470 e. The van der Waals surface area contributed by atoms with Gasteiger partial charge in [0, 0.05) is 23.4 Å². The van der Waals surface area contributed by atoms with Gasteiger partial charge < -0.3 is 14.8 Å². The van der Waals surface area contributed by atoms with E-state index in [0.29, 0.717) is 28.6 Å². The first kappa shape index (κ1) is 25.9. The molecule has 4 rings (SSSR count). The van der Waals surface area contributed by atoms with Crippen LogP contribution in [0.15, 0.2) is 23.6 Å². The van der Waals surface area contributed by atoms with E-state index in [-0.39, 0.29) is 18.4 Å². The molecule has 0 spiro atoms. The van der Waals surface area contributed by atoms with E-state index in [4.69, 9.17) is 9.47 Å². The summed E-state index contributed by atoms with van der Waals surface area (Å²) in [5.74, 6) is -0.858. The number of carbonyl (C=O) groups excluding carboxylic acids is 2. The van der Waals surface area contributed by atoms with Gasteiger partial charge in [0.05, 0.1) is 18.4 Å². The highest BCUT2D eigenvalue weighted by atomic mass is 32.1. The second kappa shape index (κ2) is 10.4. The average Bonchev–Trinajstić information content (AvgIpc) is 3.55. The molecule has 36 heavy (non-hydrogen) atoms. The summed E-state index contributed by atoms with van der Waals surface area (Å²) in [5.41, 5.74) is 0.841. The fourth-order valence-electron chi connectivity index (χ4n) is 4.96. The van der Waals surface area contributed by atoms with Crippen molar-refractivity contribution in [3.05, 3.63) is 35.0 Å². The van der Waals surface area contributed by atoms with Crippen molar-refractivity contribution in [2.45, 2.75) is 77.1 Å². The van der Waals surface area contributed by atoms with E-state index < -0.39 is 35.5 Å². The fraction of sp³-hybridized carbons (Fsp3) is 0.538. The first-order valence-corrected chi connectivity index (χ1v) is 13.1. The average molecular weight is 515 g/mol. The number of nitrogens with zero attached hydrogens (tertiary/aromatic N) is 3. The molecule has 0 radical (unpaired) electrons. The molecular weight excluding hydrogens is 483 g/mol. The molecule has 2 aliphatic rings. The van der Waals surface area contributed by atoms with Crippen LogP contribution in [0.1, 0.15) is 52.5 Å². The van der Waals surface area contributed by atoms with Crippen LogP contribution < -0.4 is 10.1 Å². The smallest absolute Gasteiger partial charge is 0.411 e. The topological polar surface area (TPSA) is 105 Å². The zero-order valence-electron chi connectivity index (χ0n) is 20.9. The molecule has 10 heteroatoms. The zero-order valence-corrected chi connectivity index (χ0v) is 21.7. The number of carbonyl (C=O) groups is 2. The van der Waals surface area contributed by atoms with Crippen molar-refractivity contribution >= 4 is 23.3 Å². The maximum atomic E-state index is 14.9. The number of fused-ring (bicyclic) bond motifs is 2. The number of nitrogens with one attached hydrogen (secondary N) is 1. The number of rotatable bonds is 7. The first-order chi connectivity index (χ1) is 17.1. The molecule has 1 aliphatic heterocycles. The molecule has 2 aromatic rings. The normalized spacial score (nSPS) is 21.7. The minimum absolute atomic E-state index is 0.00284. The van der Waals surface area contributed by atoms with Crippen molar-refractivity contribution in [1.82, 2.24) is 15.2 Å². The molecule has 2 fully saturated rings. The third-order valence-corrected chi connectivity index (χ3v) is 7.21. The lowest BCUT2D eigenvalue weighted by Crippen LogP contribution is -2.55. The third kappa shape index (κ3) is 5.62. The number of benzene rings is 1. The maximum absolute atomic E-state index is 14.9. The third-order valence-electron chi connectivity index (χ3n) is 6.45. The molecule has 1 aromatic heterocycles. The lowest BCUT2D eigenvalue weighted by molar-refractivity contribution is -0.128. The van der Waals surface area contributed by atoms with E-state index in [1.54, 1.807) is 38.3 Å². The number of halogens is 1. The van der Waals surface area contributed by atoms with Gasteiger partial charge in [-0.15, -0.1) is 0 Å². The summed E-state index contributed by atoms with van der Waals surface area (Å²) in [6, 6.07) is 5.10. The van der Waals surface area contributed by atoms with Crippen molar-refractivity contribution in [1.29, 1.82) is 5.26 Å². The van der Waals surface area contributed by atoms with Crippen LogP contribution in [0, 0.1) is 23.1 Å². The van der Waals surface area contributed by atoms with E-state index in [1.807, 2.05) is 6.92 Å². The predicted octanol–water partition coefficient (Wildman–Crippen LogP) is 4.69. The highest BCUT2D eigenvalue weighted by Gasteiger charge is 2.52. The summed E-state index contributed by atoms with van der Waals surface area (Å²) in [4.78, 5) is 31.9. The maximum Gasteiger partial charge on any atom is 0.411 e. The molecule has 4 atom stereocenters. The lowest BCUT2D eigenvalue weighted by Gasteiger charge is -2.35. The lowest BCUT2D eigenvalue weighted by atomic mass is 9.97. The van der Waals surface area contributed by atoms with E-state index in [2.05, 4.69) is 16.4 Å². The fourth-order valence-corrected chi connectivity index (χ4v) is 5.70. The summed E-state index contributed by atoms with van der Waals surface area (Å²) in [5, 5.41) is 14.8. The van der Waals surface area contributed by atoms with Crippen LogP contribution >= 0.6 is 11.3 Å². The molecule has 8 nitrogen and oxygen atoms in total. The van der Waals surface area contributed by atoms with Gasteiger partial charge in [-0.2, -0.15) is 5.26 Å². The van der Waals surface area contributed by atoms with Crippen LogP contribution in [0.25, 0.3) is 11.3 Å². The second-order valence-corrected chi connectivity index (χ2v) is 11.0. The molecule has 2 unspecified atom stereocenters. The molecule has 1 N–H and O–H groups in total. The standard InChI is InChI=1S/C26H31FN4O4S/c1-5-34-24-30-21(14-36-24)16-7-6-15(20(27)12-16)10-18(13-28)29-23(32)22-17-8-9-19(11-17)31(22)25(33)35-26(2,3)4/h6-7,12,14,17-19,22H,5,8-11H2,1-4H3,(H,29,32)/t17?,18-,19?,22-/m0/s1. The van der Waals surface area contributed by atoms with Gasteiger partial charge in [-0.3, -0.25) is 9.69 Å². The van der Waals surface area contributed by atoms with E-state index in [0.717, 1.165) is 19.3 Å². The zero-order chi connectivity index (χ0) is 26.0. The van der Waals surface area contributed by atoms with Crippen molar-refractivity contribution in [3.63, 3.8) is 0 Å². The number of hydrogen-bond acceptors (Lipinski definition) is 7. The molecule has 1 saturated carbocycles. The number of ether oxygens (including phenoxy) is 2. The summed E-state index contributed by atoms with van der Waals surface area (Å²) in [6.45, 7) is 7.72.